The minimum absolute atomic E-state index is 0.322. The Hall–Kier alpha value is -3.17. The Kier molecular flexibility index (Phi) is 7.86. The lowest BCUT2D eigenvalue weighted by Gasteiger charge is -2.32. The number of carbonyl (C=O) groups excluding carboxylic acids is 1. The Bertz CT molecular complexity index is 1180. The number of amides is 1. The molecule has 39 heavy (non-hydrogen) atoms. The van der Waals surface area contributed by atoms with E-state index < -0.39 is 88.9 Å². The Balaban J connectivity index is 1.97. The molecule has 0 bridgehead atoms. The highest BCUT2D eigenvalue weighted by molar-refractivity contribution is 5.80. The van der Waals surface area contributed by atoms with Crippen molar-refractivity contribution in [1.82, 2.24) is 5.32 Å². The zero-order chi connectivity index (χ0) is 29.6. The molecule has 1 fully saturated rings. The number of carbonyl (C=O) groups is 1. The largest absolute Gasteiger partial charge is 0.423 e. The summed E-state index contributed by atoms with van der Waals surface area (Å²) in [5, 5.41) is 14.5. The van der Waals surface area contributed by atoms with Crippen LogP contribution in [0.3, 0.4) is 0 Å². The second-order valence-electron chi connectivity index (χ2n) is 8.87. The average Bonchev–Trinajstić information content (AvgIpc) is 3.64. The van der Waals surface area contributed by atoms with Crippen molar-refractivity contribution >= 4 is 11.6 Å². The third-order valence-electron chi connectivity index (χ3n) is 5.90. The summed E-state index contributed by atoms with van der Waals surface area (Å²) in [7, 11) is 0. The number of halogens is 12. The lowest BCUT2D eigenvalue weighted by Crippen LogP contribution is -2.48. The van der Waals surface area contributed by atoms with Crippen molar-refractivity contribution in [3.8, 4) is 0 Å². The first-order valence-corrected chi connectivity index (χ1v) is 10.9. The molecule has 0 spiro atoms. The van der Waals surface area contributed by atoms with Gasteiger partial charge in [-0.25, -0.2) is 0 Å². The van der Waals surface area contributed by atoms with Gasteiger partial charge < -0.3 is 15.7 Å². The number of aliphatic hydroxyl groups is 1. The Morgan fingerprint density at radius 1 is 0.769 bits per heavy atom. The van der Waals surface area contributed by atoms with Crippen molar-refractivity contribution in [2.45, 2.75) is 49.7 Å². The minimum atomic E-state index is -5.87. The van der Waals surface area contributed by atoms with E-state index in [4.69, 9.17) is 0 Å². The molecule has 2 aromatic carbocycles. The van der Waals surface area contributed by atoms with Gasteiger partial charge in [0.15, 0.2) is 0 Å². The third-order valence-corrected chi connectivity index (χ3v) is 5.90. The highest BCUT2D eigenvalue weighted by atomic mass is 19.4. The third kappa shape index (κ3) is 7.08. The lowest BCUT2D eigenvalue weighted by atomic mass is 9.89. The molecule has 1 aliphatic rings. The molecule has 3 N–H and O–H groups in total. The summed E-state index contributed by atoms with van der Waals surface area (Å²) in [6.45, 7) is -2.41. The van der Waals surface area contributed by atoms with Gasteiger partial charge in [-0.3, -0.25) is 4.79 Å². The molecule has 4 nitrogen and oxygen atoms in total. The van der Waals surface area contributed by atoms with Gasteiger partial charge in [-0.15, -0.1) is 0 Å². The Labute approximate surface area is 212 Å². The van der Waals surface area contributed by atoms with Gasteiger partial charge in [-0.2, -0.15) is 52.7 Å². The van der Waals surface area contributed by atoms with Crippen molar-refractivity contribution in [1.29, 1.82) is 0 Å². The van der Waals surface area contributed by atoms with Crippen LogP contribution < -0.4 is 10.6 Å². The number of hydrogen-bond acceptors (Lipinski definition) is 3. The highest BCUT2D eigenvalue weighted by Crippen LogP contribution is 2.44. The fourth-order valence-corrected chi connectivity index (χ4v) is 3.57. The lowest BCUT2D eigenvalue weighted by molar-refractivity contribution is -0.261. The number of anilines is 1. The van der Waals surface area contributed by atoms with Crippen LogP contribution in [0.4, 0.5) is 58.4 Å². The predicted octanol–water partition coefficient (Wildman–Crippen LogP) is 6.63. The van der Waals surface area contributed by atoms with E-state index >= 15 is 0 Å². The van der Waals surface area contributed by atoms with Gasteiger partial charge in [0.05, 0.1) is 23.2 Å². The van der Waals surface area contributed by atoms with Crippen LogP contribution in [0.15, 0.2) is 36.4 Å². The van der Waals surface area contributed by atoms with Crippen molar-refractivity contribution < 1.29 is 62.6 Å². The first kappa shape index (κ1) is 30.4. The predicted molar refractivity (Wildman–Crippen MR) is 111 cm³/mol. The highest BCUT2D eigenvalue weighted by Gasteiger charge is 2.56. The normalized spacial score (nSPS) is 16.5. The molecule has 16 heteroatoms. The van der Waals surface area contributed by atoms with E-state index in [1.807, 2.05) is 5.32 Å². The SMILES string of the molecule is O=C(NCc1ccc(NC[C@@](O)(c2cc(C(F)(F)F)cc(C(F)(F)F)c2)C(F)(F)F)cc1C(F)(F)F)C1CC1. The average molecular weight is 582 g/mol. The van der Waals surface area contributed by atoms with E-state index in [1.54, 1.807) is 0 Å². The molecule has 2 aromatic rings. The number of benzene rings is 2. The molecule has 0 heterocycles. The van der Waals surface area contributed by atoms with Gasteiger partial charge in [-0.1, -0.05) is 6.07 Å². The molecule has 0 unspecified atom stereocenters. The van der Waals surface area contributed by atoms with Gasteiger partial charge in [0.25, 0.3) is 0 Å². The van der Waals surface area contributed by atoms with Gasteiger partial charge in [-0.05, 0) is 54.3 Å². The van der Waals surface area contributed by atoms with Gasteiger partial charge >= 0.3 is 24.7 Å². The van der Waals surface area contributed by atoms with Crippen LogP contribution in [0.25, 0.3) is 0 Å². The summed E-state index contributed by atoms with van der Waals surface area (Å²) >= 11 is 0. The zero-order valence-corrected chi connectivity index (χ0v) is 19.3. The van der Waals surface area contributed by atoms with Crippen LogP contribution in [-0.4, -0.2) is 23.7 Å². The standard InChI is InChI=1S/C23H18F12N2O2/c24-20(25,26)14-5-13(6-15(7-14)21(27,28)29)19(39,23(33,34)35)10-37-16-4-3-12(17(8-16)22(30,31)32)9-36-18(38)11-1-2-11/h3-8,11,37,39H,1-2,9-10H2,(H,36,38)/t19-/m1/s1. The molecule has 0 aliphatic heterocycles. The smallest absolute Gasteiger partial charge is 0.381 e. The summed E-state index contributed by atoms with van der Waals surface area (Å²) in [6, 6.07) is 0.913. The Morgan fingerprint density at radius 2 is 1.28 bits per heavy atom. The molecular formula is C23H18F12N2O2. The molecule has 1 amide bonds. The van der Waals surface area contributed by atoms with Crippen molar-refractivity contribution in [3.05, 3.63) is 64.2 Å². The van der Waals surface area contributed by atoms with E-state index in [9.17, 15) is 62.6 Å². The second kappa shape index (κ2) is 10.1. The van der Waals surface area contributed by atoms with E-state index in [-0.39, 0.29) is 18.1 Å². The molecule has 1 aliphatic carbocycles. The molecule has 1 atom stereocenters. The second-order valence-corrected chi connectivity index (χ2v) is 8.87. The summed E-state index contributed by atoms with van der Waals surface area (Å²) < 4.78 is 161. The fraction of sp³-hybridized carbons (Fsp3) is 0.435. The maximum atomic E-state index is 13.9. The van der Waals surface area contributed by atoms with E-state index in [0.717, 1.165) is 12.1 Å². The molecule has 1 saturated carbocycles. The zero-order valence-electron chi connectivity index (χ0n) is 19.3. The van der Waals surface area contributed by atoms with Gasteiger partial charge in [0.1, 0.15) is 0 Å². The topological polar surface area (TPSA) is 61.4 Å². The summed E-state index contributed by atoms with van der Waals surface area (Å²) in [6.07, 6.45) is -20.8. The molecule has 216 valence electrons. The molecule has 0 saturated heterocycles. The summed E-state index contributed by atoms with van der Waals surface area (Å²) in [5.41, 5.74) is -13.0. The number of nitrogens with one attached hydrogen (secondary N) is 2. The maximum absolute atomic E-state index is 13.9. The molecular weight excluding hydrogens is 564 g/mol. The van der Waals surface area contributed by atoms with Crippen LogP contribution in [-0.2, 0) is 35.5 Å². The van der Waals surface area contributed by atoms with Crippen LogP contribution in [0.2, 0.25) is 0 Å². The molecule has 0 aromatic heterocycles. The summed E-state index contributed by atoms with van der Waals surface area (Å²) in [4.78, 5) is 11.7. The maximum Gasteiger partial charge on any atom is 0.423 e. The van der Waals surface area contributed by atoms with Crippen LogP contribution >= 0.6 is 0 Å². The van der Waals surface area contributed by atoms with Crippen molar-refractivity contribution in [2.24, 2.45) is 5.92 Å². The van der Waals surface area contributed by atoms with Crippen LogP contribution in [0.1, 0.15) is 40.7 Å². The number of rotatable bonds is 7. The van der Waals surface area contributed by atoms with Crippen molar-refractivity contribution in [2.75, 3.05) is 11.9 Å². The van der Waals surface area contributed by atoms with Crippen LogP contribution in [0.5, 0.6) is 0 Å². The number of hydrogen-bond donors (Lipinski definition) is 3. The van der Waals surface area contributed by atoms with Gasteiger partial charge in [0, 0.05) is 18.2 Å². The Morgan fingerprint density at radius 3 is 1.72 bits per heavy atom. The minimum Gasteiger partial charge on any atom is -0.381 e. The van der Waals surface area contributed by atoms with Crippen molar-refractivity contribution in [3.63, 3.8) is 0 Å². The van der Waals surface area contributed by atoms with E-state index in [1.165, 1.54) is 0 Å². The summed E-state index contributed by atoms with van der Waals surface area (Å²) in [5.74, 6) is -0.811. The number of alkyl halides is 12. The molecule has 3 rings (SSSR count). The first-order valence-electron chi connectivity index (χ1n) is 10.9. The van der Waals surface area contributed by atoms with E-state index in [2.05, 4.69) is 5.32 Å². The van der Waals surface area contributed by atoms with Crippen LogP contribution in [0, 0.1) is 5.92 Å². The fourth-order valence-electron chi connectivity index (χ4n) is 3.57. The monoisotopic (exact) mass is 582 g/mol. The van der Waals surface area contributed by atoms with E-state index in [0.29, 0.717) is 18.9 Å². The first-order chi connectivity index (χ1) is 17.6. The van der Waals surface area contributed by atoms with Gasteiger partial charge in [0.2, 0.25) is 11.5 Å². The molecule has 0 radical (unpaired) electrons. The quantitative estimate of drug-likeness (QED) is 0.322.